The molecule has 0 bridgehead atoms. The predicted octanol–water partition coefficient (Wildman–Crippen LogP) is 0.785. The number of anilines is 1. The number of methoxy groups -OCH3 is 1. The summed E-state index contributed by atoms with van der Waals surface area (Å²) in [5, 5.41) is 3.79. The van der Waals surface area contributed by atoms with Crippen molar-refractivity contribution in [1.82, 2.24) is 9.36 Å². The summed E-state index contributed by atoms with van der Waals surface area (Å²) in [6.45, 7) is 1.90. The average Bonchev–Trinajstić information content (AvgIpc) is 2.65. The van der Waals surface area contributed by atoms with Gasteiger partial charge >= 0.3 is 0 Å². The number of aromatic nitrogens is 2. The van der Waals surface area contributed by atoms with Crippen molar-refractivity contribution >= 4 is 16.7 Å². The number of rotatable bonds is 7. The van der Waals surface area contributed by atoms with Crippen molar-refractivity contribution in [2.24, 2.45) is 0 Å². The van der Waals surface area contributed by atoms with Crippen molar-refractivity contribution in [3.63, 3.8) is 0 Å². The summed E-state index contributed by atoms with van der Waals surface area (Å²) in [6, 6.07) is 0. The molecule has 0 fully saturated rings. The molecule has 1 rings (SSSR count). The molecule has 14 heavy (non-hydrogen) atoms. The van der Waals surface area contributed by atoms with E-state index in [0.29, 0.717) is 19.8 Å². The second-order valence-electron chi connectivity index (χ2n) is 2.62. The minimum atomic E-state index is 0.625. The minimum Gasteiger partial charge on any atom is -0.382 e. The summed E-state index contributed by atoms with van der Waals surface area (Å²) < 4.78 is 14.3. The highest BCUT2D eigenvalue weighted by molar-refractivity contribution is 7.09. The van der Waals surface area contributed by atoms with Gasteiger partial charge in [0, 0.05) is 32.1 Å². The molecule has 6 heteroatoms. The van der Waals surface area contributed by atoms with E-state index in [-0.39, 0.29) is 0 Å². The fourth-order valence-corrected chi connectivity index (χ4v) is 1.43. The molecule has 1 aromatic heterocycles. The van der Waals surface area contributed by atoms with Crippen LogP contribution in [0.25, 0.3) is 0 Å². The third-order valence-electron chi connectivity index (χ3n) is 1.58. The maximum Gasteiger partial charge on any atom is 0.202 e. The first kappa shape index (κ1) is 11.4. The van der Waals surface area contributed by atoms with Crippen LogP contribution in [-0.2, 0) is 15.9 Å². The van der Waals surface area contributed by atoms with E-state index in [1.165, 1.54) is 11.5 Å². The zero-order chi connectivity index (χ0) is 10.2. The van der Waals surface area contributed by atoms with Gasteiger partial charge in [-0.1, -0.05) is 0 Å². The van der Waals surface area contributed by atoms with E-state index in [0.717, 1.165) is 17.4 Å². The molecule has 0 aromatic carbocycles. The Morgan fingerprint density at radius 2 is 2.21 bits per heavy atom. The van der Waals surface area contributed by atoms with Gasteiger partial charge in [0.05, 0.1) is 19.8 Å². The second kappa shape index (κ2) is 6.69. The van der Waals surface area contributed by atoms with Crippen LogP contribution in [0.3, 0.4) is 0 Å². The molecule has 0 amide bonds. The summed E-state index contributed by atoms with van der Waals surface area (Å²) in [7, 11) is 3.49. The van der Waals surface area contributed by atoms with E-state index in [1.54, 1.807) is 7.11 Å². The lowest BCUT2D eigenvalue weighted by Gasteiger charge is -2.00. The molecule has 0 atom stereocenters. The molecule has 0 aliphatic rings. The van der Waals surface area contributed by atoms with Gasteiger partial charge in [0.25, 0.3) is 0 Å². The van der Waals surface area contributed by atoms with Crippen molar-refractivity contribution in [2.45, 2.75) is 6.42 Å². The smallest absolute Gasteiger partial charge is 0.202 e. The summed E-state index contributed by atoms with van der Waals surface area (Å²) in [4.78, 5) is 4.23. The first-order chi connectivity index (χ1) is 6.86. The number of hydrogen-bond acceptors (Lipinski definition) is 6. The number of nitrogens with one attached hydrogen (secondary N) is 1. The van der Waals surface area contributed by atoms with Gasteiger partial charge < -0.3 is 14.8 Å². The Hall–Kier alpha value is -0.720. The van der Waals surface area contributed by atoms with E-state index in [1.807, 2.05) is 7.05 Å². The van der Waals surface area contributed by atoms with Gasteiger partial charge in [-0.2, -0.15) is 4.37 Å². The Kier molecular flexibility index (Phi) is 5.43. The van der Waals surface area contributed by atoms with Crippen LogP contribution in [0.15, 0.2) is 0 Å². The van der Waals surface area contributed by atoms with Crippen LogP contribution in [0.1, 0.15) is 5.82 Å². The monoisotopic (exact) mass is 217 g/mol. The molecule has 0 saturated heterocycles. The molecule has 5 nitrogen and oxygen atoms in total. The fraction of sp³-hybridized carbons (Fsp3) is 0.750. The predicted molar refractivity (Wildman–Crippen MR) is 55.9 cm³/mol. The molecule has 80 valence electrons. The van der Waals surface area contributed by atoms with Gasteiger partial charge in [-0.05, 0) is 0 Å². The number of hydrogen-bond donors (Lipinski definition) is 1. The van der Waals surface area contributed by atoms with Crippen LogP contribution < -0.4 is 5.32 Å². The summed E-state index contributed by atoms with van der Waals surface area (Å²) in [5.74, 6) is 0.830. The van der Waals surface area contributed by atoms with E-state index in [4.69, 9.17) is 9.47 Å². The summed E-state index contributed by atoms with van der Waals surface area (Å²) >= 11 is 1.37. The zero-order valence-electron chi connectivity index (χ0n) is 8.45. The topological polar surface area (TPSA) is 56.3 Å². The Morgan fingerprint density at radius 3 is 2.86 bits per heavy atom. The normalized spacial score (nSPS) is 10.4. The van der Waals surface area contributed by atoms with Gasteiger partial charge in [0.2, 0.25) is 5.13 Å². The lowest BCUT2D eigenvalue weighted by atomic mass is 10.4. The molecule has 1 N–H and O–H groups in total. The highest BCUT2D eigenvalue weighted by atomic mass is 32.1. The SMILES string of the molecule is CNc1nc(CCOCCOC)ns1. The molecular formula is C8H15N3O2S. The van der Waals surface area contributed by atoms with Gasteiger partial charge in [-0.3, -0.25) is 0 Å². The lowest BCUT2D eigenvalue weighted by molar-refractivity contribution is 0.0717. The summed E-state index contributed by atoms with van der Waals surface area (Å²) in [6.07, 6.45) is 0.752. The van der Waals surface area contributed by atoms with Gasteiger partial charge in [-0.15, -0.1) is 0 Å². The fourth-order valence-electron chi connectivity index (χ4n) is 0.865. The standard InChI is InChI=1S/C8H15N3O2S/c1-9-8-10-7(11-14-8)3-4-13-6-5-12-2/h3-6H2,1-2H3,(H,9,10,11). The largest absolute Gasteiger partial charge is 0.382 e. The molecule has 0 aliphatic heterocycles. The van der Waals surface area contributed by atoms with Crippen LogP contribution in [-0.4, -0.2) is 43.3 Å². The lowest BCUT2D eigenvalue weighted by Crippen LogP contribution is -2.05. The van der Waals surface area contributed by atoms with Crippen LogP contribution in [0.4, 0.5) is 5.13 Å². The quantitative estimate of drug-likeness (QED) is 0.684. The maximum atomic E-state index is 5.30. The van der Waals surface area contributed by atoms with E-state index >= 15 is 0 Å². The number of nitrogens with zero attached hydrogens (tertiary/aromatic N) is 2. The molecule has 0 saturated carbocycles. The molecule has 0 spiro atoms. The average molecular weight is 217 g/mol. The molecule has 0 aliphatic carbocycles. The van der Waals surface area contributed by atoms with E-state index in [2.05, 4.69) is 14.7 Å². The Balaban J connectivity index is 2.12. The minimum absolute atomic E-state index is 0.625. The molecule has 1 aromatic rings. The zero-order valence-corrected chi connectivity index (χ0v) is 9.26. The van der Waals surface area contributed by atoms with Crippen LogP contribution >= 0.6 is 11.5 Å². The van der Waals surface area contributed by atoms with Crippen molar-refractivity contribution < 1.29 is 9.47 Å². The highest BCUT2D eigenvalue weighted by Crippen LogP contribution is 2.09. The first-order valence-corrected chi connectivity index (χ1v) is 5.21. The summed E-state index contributed by atoms with van der Waals surface area (Å²) in [5.41, 5.74) is 0. The van der Waals surface area contributed by atoms with E-state index in [9.17, 15) is 0 Å². The molecule has 1 heterocycles. The van der Waals surface area contributed by atoms with E-state index < -0.39 is 0 Å². The third-order valence-corrected chi connectivity index (χ3v) is 2.35. The Bertz CT molecular complexity index is 254. The van der Waals surface area contributed by atoms with Crippen molar-refractivity contribution in [3.8, 4) is 0 Å². The Morgan fingerprint density at radius 1 is 1.36 bits per heavy atom. The van der Waals surface area contributed by atoms with Crippen molar-refractivity contribution in [3.05, 3.63) is 5.82 Å². The van der Waals surface area contributed by atoms with Crippen LogP contribution in [0.2, 0.25) is 0 Å². The van der Waals surface area contributed by atoms with Gasteiger partial charge in [0.1, 0.15) is 5.82 Å². The van der Waals surface area contributed by atoms with Crippen LogP contribution in [0.5, 0.6) is 0 Å². The molecule has 0 radical (unpaired) electrons. The second-order valence-corrected chi connectivity index (χ2v) is 3.37. The number of ether oxygens (including phenoxy) is 2. The van der Waals surface area contributed by atoms with Crippen molar-refractivity contribution in [1.29, 1.82) is 0 Å². The maximum absolute atomic E-state index is 5.30. The third kappa shape index (κ3) is 3.99. The first-order valence-electron chi connectivity index (χ1n) is 4.44. The van der Waals surface area contributed by atoms with Crippen LogP contribution in [0, 0.1) is 0 Å². The van der Waals surface area contributed by atoms with Gasteiger partial charge in [-0.25, -0.2) is 4.98 Å². The van der Waals surface area contributed by atoms with Gasteiger partial charge in [0.15, 0.2) is 0 Å². The molecule has 0 unspecified atom stereocenters. The molecular weight excluding hydrogens is 202 g/mol. The highest BCUT2D eigenvalue weighted by Gasteiger charge is 2.01. The Labute approximate surface area is 87.6 Å². The van der Waals surface area contributed by atoms with Crippen molar-refractivity contribution in [2.75, 3.05) is 39.3 Å².